The van der Waals surface area contributed by atoms with Gasteiger partial charge in [0.2, 0.25) is 0 Å². The summed E-state index contributed by atoms with van der Waals surface area (Å²) in [5, 5.41) is 5.41. The first-order valence-electron chi connectivity index (χ1n) is 27.9. The Bertz CT molecular complexity index is 2610. The van der Waals surface area contributed by atoms with Crippen molar-refractivity contribution in [1.29, 1.82) is 0 Å². The number of nitrogens with one attached hydrogen (secondary N) is 1. The summed E-state index contributed by atoms with van der Waals surface area (Å²) >= 11 is 1.96. The maximum Gasteiger partial charge on any atom is 0.256 e. The zero-order valence-electron chi connectivity index (χ0n) is 47.7. The number of allylic oxidation sites excluding steroid dienone is 12. The molecular weight excluding hydrogens is 816 g/mol. The molecule has 7 unspecified atom stereocenters. The molecule has 6 rings (SSSR count). The van der Waals surface area contributed by atoms with Crippen LogP contribution < -0.4 is 10.1 Å². The van der Waals surface area contributed by atoms with Gasteiger partial charge in [0.05, 0.1) is 2.74 Å². The van der Waals surface area contributed by atoms with Crippen LogP contribution in [0, 0.1) is 29.6 Å². The third-order valence-electron chi connectivity index (χ3n) is 14.9. The Kier molecular flexibility index (Phi) is 15.5. The lowest BCUT2D eigenvalue weighted by atomic mass is 9.36. The number of hydrogen-bond donors (Lipinski definition) is 1. The highest BCUT2D eigenvalue weighted by molar-refractivity contribution is 7.30. The van der Waals surface area contributed by atoms with Crippen molar-refractivity contribution < 1.29 is 5.48 Å². The molecule has 0 fully saturated rings. The van der Waals surface area contributed by atoms with Gasteiger partial charge in [0.1, 0.15) is 0 Å². The van der Waals surface area contributed by atoms with Gasteiger partial charge in [-0.25, -0.2) is 0 Å². The fourth-order valence-corrected chi connectivity index (χ4v) is 11.9. The van der Waals surface area contributed by atoms with E-state index in [-0.39, 0.29) is 24.1 Å². The summed E-state index contributed by atoms with van der Waals surface area (Å²) in [6.45, 7) is 36.6. The Morgan fingerprint density at radius 3 is 2.42 bits per heavy atom. The van der Waals surface area contributed by atoms with Gasteiger partial charge in [0, 0.05) is 42.7 Å². The Labute approximate surface area is 414 Å². The summed E-state index contributed by atoms with van der Waals surface area (Å²) < 4.78 is 35.9. The second-order valence-corrected chi connectivity index (χ2v) is 22.9. The molecule has 3 aliphatic rings. The molecule has 1 aromatic heterocycles. The van der Waals surface area contributed by atoms with Crippen LogP contribution in [0.3, 0.4) is 0 Å². The molecule has 0 radical (unpaired) electrons. The highest BCUT2D eigenvalue weighted by Crippen LogP contribution is 2.49. The van der Waals surface area contributed by atoms with E-state index in [0.717, 1.165) is 57.2 Å². The average molecular weight is 907 g/mol. The molecule has 0 saturated heterocycles. The van der Waals surface area contributed by atoms with E-state index in [1.54, 1.807) is 0 Å². The first-order valence-corrected chi connectivity index (χ1v) is 26.5. The molecule has 0 amide bonds. The second-order valence-electron chi connectivity index (χ2n) is 21.8. The number of rotatable bonds is 18. The van der Waals surface area contributed by atoms with Crippen LogP contribution in [0.5, 0.6) is 0 Å². The van der Waals surface area contributed by atoms with E-state index in [1.165, 1.54) is 81.9 Å². The van der Waals surface area contributed by atoms with Gasteiger partial charge in [-0.2, -0.15) is 0 Å². The molecule has 2 heterocycles. The third-order valence-corrected chi connectivity index (χ3v) is 16.1. The topological polar surface area (TPSA) is 15.3 Å². The second kappa shape index (κ2) is 22.4. The van der Waals surface area contributed by atoms with Crippen molar-refractivity contribution in [1.82, 2.24) is 4.90 Å². The maximum atomic E-state index is 8.87. The number of hydrogen-bond acceptors (Lipinski definition) is 3. The molecule has 3 aromatic rings. The molecule has 1 N–H and O–H groups in total. The van der Waals surface area contributed by atoms with Crippen molar-refractivity contribution in [2.45, 2.75) is 173 Å². The van der Waals surface area contributed by atoms with Crippen molar-refractivity contribution in [3.63, 3.8) is 0 Å². The quantitative estimate of drug-likeness (QED) is 0.101. The minimum absolute atomic E-state index is 0.00161. The number of fused-ring (bicyclic) bond motifs is 1. The van der Waals surface area contributed by atoms with Crippen molar-refractivity contribution in [2.75, 3.05) is 11.9 Å². The van der Waals surface area contributed by atoms with Gasteiger partial charge in [-0.15, -0.1) is 17.9 Å². The highest BCUT2D eigenvalue weighted by Gasteiger charge is 2.41. The van der Waals surface area contributed by atoms with Crippen LogP contribution in [0.15, 0.2) is 136 Å². The largest absolute Gasteiger partial charge is 0.382 e. The van der Waals surface area contributed by atoms with E-state index in [9.17, 15) is 0 Å². The minimum Gasteiger partial charge on any atom is -0.382 e. The van der Waals surface area contributed by atoms with Crippen LogP contribution in [-0.2, 0) is 11.8 Å². The van der Waals surface area contributed by atoms with Crippen LogP contribution in [0.1, 0.15) is 183 Å². The smallest absolute Gasteiger partial charge is 0.256 e. The molecule has 2 aromatic carbocycles. The van der Waals surface area contributed by atoms with Gasteiger partial charge < -0.3 is 10.2 Å². The number of anilines is 1. The summed E-state index contributed by atoms with van der Waals surface area (Å²) in [5.74, 6) is 2.23. The van der Waals surface area contributed by atoms with Crippen molar-refractivity contribution in [3.8, 4) is 0 Å². The molecule has 2 aliphatic carbocycles. The zero-order valence-corrected chi connectivity index (χ0v) is 44.5. The van der Waals surface area contributed by atoms with Crippen molar-refractivity contribution >= 4 is 38.6 Å². The Morgan fingerprint density at radius 1 is 1.00 bits per heavy atom. The normalized spacial score (nSPS) is 22.8. The molecule has 4 heteroatoms. The molecule has 1 aliphatic heterocycles. The van der Waals surface area contributed by atoms with Gasteiger partial charge in [0.15, 0.2) is 0 Å². The van der Waals surface area contributed by atoms with E-state index in [1.807, 2.05) is 17.4 Å². The van der Waals surface area contributed by atoms with E-state index in [4.69, 9.17) is 5.48 Å². The lowest BCUT2D eigenvalue weighted by molar-refractivity contribution is 0.405. The van der Waals surface area contributed by atoms with Crippen LogP contribution in [0.4, 0.5) is 5.69 Å². The van der Waals surface area contributed by atoms with Crippen molar-refractivity contribution in [3.05, 3.63) is 152 Å². The predicted octanol–water partition coefficient (Wildman–Crippen LogP) is 17.8. The van der Waals surface area contributed by atoms with E-state index < -0.39 is 12.8 Å². The first-order chi connectivity index (χ1) is 33.1. The number of benzene rings is 2. The standard InChI is InChI=1S/C62H87BN2S/c1-17-21-22-23-24-47-33-54-44(11)25-26-45(12)61(54)58(34-47)65-46(13)55(36-49(31-40(5)6)42(9)18-2)63(60-37-50-35-51(62(14,15)16)28-30-59(50)66-60)56(57(65)32-41(7)8)39-64-52-29-27-48(20-4)53(38-52)43(10)19-3/h17,23-24,27-30,32,34-38,40,42-45,47,64H,1,18-22,25-26,31,33,39H2,2-16H3/b24-23+,49-36+/i1D,17D,21D,22D/b17-1?,24-23+,49-36+. The van der Waals surface area contributed by atoms with E-state index in [0.29, 0.717) is 36.1 Å². The predicted molar refractivity (Wildman–Crippen MR) is 296 cm³/mol. The van der Waals surface area contributed by atoms with Crippen LogP contribution in [-0.4, -0.2) is 18.2 Å². The summed E-state index contributed by atoms with van der Waals surface area (Å²) in [6.07, 6.45) is 16.9. The summed E-state index contributed by atoms with van der Waals surface area (Å²) in [4.78, 5) is 2.66. The lowest BCUT2D eigenvalue weighted by Crippen LogP contribution is -2.44. The fraction of sp³-hybridized carbons (Fsp3) is 0.516. The van der Waals surface area contributed by atoms with E-state index in [2.05, 4.69) is 181 Å². The average Bonchev–Trinajstić information content (AvgIpc) is 3.76. The molecular formula is C62H87BN2S. The number of aryl methyl sites for hydroxylation is 1. The highest BCUT2D eigenvalue weighted by atomic mass is 32.1. The van der Waals surface area contributed by atoms with Gasteiger partial charge in [-0.05, 0) is 193 Å². The molecule has 66 heavy (non-hydrogen) atoms. The van der Waals surface area contributed by atoms with Gasteiger partial charge >= 0.3 is 0 Å². The molecule has 0 saturated carbocycles. The zero-order chi connectivity index (χ0) is 51.4. The molecule has 0 spiro atoms. The molecule has 2 nitrogen and oxygen atoms in total. The fourth-order valence-electron chi connectivity index (χ4n) is 10.7. The lowest BCUT2D eigenvalue weighted by Gasteiger charge is -2.45. The molecule has 7 atom stereocenters. The van der Waals surface area contributed by atoms with Crippen LogP contribution >= 0.6 is 11.3 Å². The molecule has 354 valence electrons. The van der Waals surface area contributed by atoms with Crippen LogP contribution in [0.25, 0.3) is 10.1 Å². The summed E-state index contributed by atoms with van der Waals surface area (Å²) in [7, 11) is 0. The SMILES string of the molecule is [2H]C=C([2H])C([2H])C([2H])/C=C/C1C=C(N2C(C)=C(/C=C(\CC(C)C)C(C)CC)B(c3cc4cc(C(C)(C)C)ccc4s3)C(CNc3ccc(CC)c(C(C)CC)c3)=C2C=C(C)C)C2=C(C1)C(C)CCC2C. The van der Waals surface area contributed by atoms with E-state index >= 15 is 0 Å². The third kappa shape index (κ3) is 11.6. The Hall–Kier alpha value is -4.02. The Morgan fingerprint density at radius 2 is 1.76 bits per heavy atom. The monoisotopic (exact) mass is 907 g/mol. The van der Waals surface area contributed by atoms with Gasteiger partial charge in [-0.3, -0.25) is 0 Å². The van der Waals surface area contributed by atoms with Gasteiger partial charge in [-0.1, -0.05) is 142 Å². The van der Waals surface area contributed by atoms with Crippen LogP contribution in [0.2, 0.25) is 0 Å². The molecule has 0 bridgehead atoms. The number of nitrogens with zero attached hydrogens (tertiary/aromatic N) is 1. The number of thiophene rings is 1. The summed E-state index contributed by atoms with van der Waals surface area (Å²) in [6, 6.07) is 16.6. The van der Waals surface area contributed by atoms with Gasteiger partial charge in [0.25, 0.3) is 6.71 Å². The Balaban J connectivity index is 1.71. The summed E-state index contributed by atoms with van der Waals surface area (Å²) in [5.41, 5.74) is 17.7. The first kappa shape index (κ1) is 45.8. The maximum absolute atomic E-state index is 8.87. The van der Waals surface area contributed by atoms with Crippen molar-refractivity contribution in [2.24, 2.45) is 29.6 Å². The minimum atomic E-state index is -1.09.